The molecule has 0 aliphatic carbocycles. The number of hydrogen-bond acceptors (Lipinski definition) is 5. The topological polar surface area (TPSA) is 94.9 Å². The number of hydroxylamine groups is 2. The Morgan fingerprint density at radius 3 is 1.92 bits per heavy atom. The average molecular weight is 498 g/mol. The van der Waals surface area contributed by atoms with Gasteiger partial charge in [-0.2, -0.15) is 0 Å². The number of aromatic carboxylic acids is 1. The fourth-order valence-electron chi connectivity index (χ4n) is 3.62. The number of benzene rings is 4. The minimum Gasteiger partial charge on any atom is -0.478 e. The molecule has 0 heterocycles. The molecule has 0 aliphatic rings. The molecule has 0 saturated carbocycles. The van der Waals surface area contributed by atoms with E-state index in [1.807, 2.05) is 36.4 Å². The summed E-state index contributed by atoms with van der Waals surface area (Å²) in [5.74, 6) is -1.44. The number of rotatable bonds is 9. The van der Waals surface area contributed by atoms with Crippen LogP contribution in [0, 0.1) is 0 Å². The summed E-state index contributed by atoms with van der Waals surface area (Å²) in [6.07, 6.45) is 0. The summed E-state index contributed by atoms with van der Waals surface area (Å²) in [6, 6.07) is 29.9. The van der Waals surface area contributed by atoms with E-state index in [1.54, 1.807) is 60.7 Å². The maximum Gasteiger partial charge on any atom is 0.336 e. The van der Waals surface area contributed by atoms with Gasteiger partial charge in [-0.3, -0.25) is 14.8 Å². The van der Waals surface area contributed by atoms with E-state index in [2.05, 4.69) is 0 Å². The van der Waals surface area contributed by atoms with Crippen LogP contribution < -0.4 is 0 Å². The van der Waals surface area contributed by atoms with Gasteiger partial charge in [0.15, 0.2) is 5.78 Å². The molecule has 0 aromatic heterocycles. The van der Waals surface area contributed by atoms with Gasteiger partial charge in [-0.1, -0.05) is 78.9 Å². The number of carboxylic acids is 1. The van der Waals surface area contributed by atoms with Gasteiger partial charge >= 0.3 is 5.97 Å². The van der Waals surface area contributed by atoms with E-state index >= 15 is 0 Å². The first-order chi connectivity index (χ1) is 17.4. The molecule has 0 fully saturated rings. The Labute approximate surface area is 212 Å². The summed E-state index contributed by atoms with van der Waals surface area (Å²) in [4.78, 5) is 36.8. The van der Waals surface area contributed by atoms with Gasteiger partial charge in [-0.05, 0) is 41.0 Å². The van der Waals surface area contributed by atoms with Crippen LogP contribution in [0.4, 0.5) is 0 Å². The molecule has 6 nitrogen and oxygen atoms in total. The first-order valence-electron chi connectivity index (χ1n) is 11.2. The molecule has 36 heavy (non-hydrogen) atoms. The third-order valence-electron chi connectivity index (χ3n) is 5.56. The molecule has 0 spiro atoms. The summed E-state index contributed by atoms with van der Waals surface area (Å²) in [5.41, 5.74) is 3.77. The highest BCUT2D eigenvalue weighted by Crippen LogP contribution is 2.25. The Kier molecular flexibility index (Phi) is 7.95. The molecular weight excluding hydrogens is 474 g/mol. The number of carbonyl (C=O) groups excluding carboxylic acids is 2. The number of carbonyl (C=O) groups is 3. The molecule has 0 radical (unpaired) electrons. The van der Waals surface area contributed by atoms with E-state index in [9.17, 15) is 24.7 Å². The van der Waals surface area contributed by atoms with Gasteiger partial charge < -0.3 is 5.11 Å². The predicted molar refractivity (Wildman–Crippen MR) is 138 cm³/mol. The van der Waals surface area contributed by atoms with Crippen LogP contribution in [0.1, 0.15) is 36.6 Å². The standard InChI is InChI=1S/C29H23NO5S/c31-26(19-36-27-9-5-4-8-25(27)29(33)34)23-16-14-22(15-17-23)21-12-10-20(11-13-21)18-30(35)28(32)24-6-2-1-3-7-24/h1-17,35H,18-19H2,(H,33,34). The highest BCUT2D eigenvalue weighted by atomic mass is 32.2. The number of nitrogens with zero attached hydrogens (tertiary/aromatic N) is 1. The second kappa shape index (κ2) is 11.5. The quantitative estimate of drug-likeness (QED) is 0.126. The number of Topliss-reactive ketones (excluding diaryl/α,β-unsaturated/α-hetero) is 1. The second-order valence-corrected chi connectivity index (χ2v) is 9.03. The zero-order valence-electron chi connectivity index (χ0n) is 19.2. The Morgan fingerprint density at radius 1 is 0.694 bits per heavy atom. The molecule has 0 unspecified atom stereocenters. The lowest BCUT2D eigenvalue weighted by atomic mass is 10.0. The van der Waals surface area contributed by atoms with Gasteiger partial charge in [0.25, 0.3) is 5.91 Å². The molecule has 0 atom stereocenters. The lowest BCUT2D eigenvalue weighted by molar-refractivity contribution is -0.0648. The monoisotopic (exact) mass is 497 g/mol. The number of carboxylic acid groups (broad SMARTS) is 1. The summed E-state index contributed by atoms with van der Waals surface area (Å²) in [6.45, 7) is 0.0596. The molecule has 2 N–H and O–H groups in total. The van der Waals surface area contributed by atoms with Crippen LogP contribution in [0.15, 0.2) is 108 Å². The average Bonchev–Trinajstić information content (AvgIpc) is 2.92. The van der Waals surface area contributed by atoms with Crippen LogP contribution in [-0.4, -0.2) is 38.8 Å². The van der Waals surface area contributed by atoms with Gasteiger partial charge in [0.2, 0.25) is 0 Å². The Hall–Kier alpha value is -4.20. The number of ketones is 1. The minimum absolute atomic E-state index is 0.0596. The third kappa shape index (κ3) is 6.07. The molecule has 4 aromatic rings. The van der Waals surface area contributed by atoms with Crippen LogP contribution >= 0.6 is 11.8 Å². The largest absolute Gasteiger partial charge is 0.478 e. The molecule has 7 heteroatoms. The van der Waals surface area contributed by atoms with E-state index in [4.69, 9.17) is 0 Å². The maximum atomic E-state index is 12.6. The van der Waals surface area contributed by atoms with Gasteiger partial charge in [0.1, 0.15) is 0 Å². The summed E-state index contributed by atoms with van der Waals surface area (Å²) < 4.78 is 0. The Morgan fingerprint density at radius 2 is 1.28 bits per heavy atom. The highest BCUT2D eigenvalue weighted by Gasteiger charge is 2.14. The van der Waals surface area contributed by atoms with Crippen LogP contribution in [0.25, 0.3) is 11.1 Å². The number of amides is 1. The zero-order valence-corrected chi connectivity index (χ0v) is 20.0. The van der Waals surface area contributed by atoms with Crippen LogP contribution in [0.3, 0.4) is 0 Å². The van der Waals surface area contributed by atoms with E-state index in [1.165, 1.54) is 17.8 Å². The van der Waals surface area contributed by atoms with Crippen molar-refractivity contribution >= 4 is 29.4 Å². The zero-order chi connectivity index (χ0) is 25.5. The van der Waals surface area contributed by atoms with Crippen LogP contribution in [0.5, 0.6) is 0 Å². The van der Waals surface area contributed by atoms with Crippen molar-refractivity contribution in [3.8, 4) is 11.1 Å². The van der Waals surface area contributed by atoms with Gasteiger partial charge in [-0.15, -0.1) is 11.8 Å². The van der Waals surface area contributed by atoms with Crippen molar-refractivity contribution in [1.82, 2.24) is 5.06 Å². The van der Waals surface area contributed by atoms with Crippen LogP contribution in [-0.2, 0) is 6.54 Å². The highest BCUT2D eigenvalue weighted by molar-refractivity contribution is 8.00. The van der Waals surface area contributed by atoms with Crippen molar-refractivity contribution in [2.24, 2.45) is 0 Å². The number of hydrogen-bond donors (Lipinski definition) is 2. The SMILES string of the molecule is O=C(CSc1ccccc1C(=O)O)c1ccc(-c2ccc(CN(O)C(=O)c3ccccc3)cc2)cc1. The maximum absolute atomic E-state index is 12.6. The van der Waals surface area contributed by atoms with Gasteiger partial charge in [0.05, 0.1) is 17.9 Å². The summed E-state index contributed by atoms with van der Waals surface area (Å²) in [7, 11) is 0. The molecule has 0 aliphatic heterocycles. The minimum atomic E-state index is -1.02. The van der Waals surface area contributed by atoms with Crippen molar-refractivity contribution in [3.05, 3.63) is 125 Å². The molecular formula is C29H23NO5S. The molecule has 4 aromatic carbocycles. The van der Waals surface area contributed by atoms with Crippen LogP contribution in [0.2, 0.25) is 0 Å². The van der Waals surface area contributed by atoms with Crippen molar-refractivity contribution in [2.75, 3.05) is 5.75 Å². The van der Waals surface area contributed by atoms with Gasteiger partial charge in [0, 0.05) is 16.0 Å². The Balaban J connectivity index is 1.36. The van der Waals surface area contributed by atoms with E-state index in [-0.39, 0.29) is 23.6 Å². The molecule has 180 valence electrons. The van der Waals surface area contributed by atoms with Crippen molar-refractivity contribution in [2.45, 2.75) is 11.4 Å². The smallest absolute Gasteiger partial charge is 0.336 e. The van der Waals surface area contributed by atoms with Crippen molar-refractivity contribution < 1.29 is 24.7 Å². The second-order valence-electron chi connectivity index (χ2n) is 8.02. The normalized spacial score (nSPS) is 10.6. The van der Waals surface area contributed by atoms with E-state index in [0.29, 0.717) is 21.1 Å². The summed E-state index contributed by atoms with van der Waals surface area (Å²) in [5, 5.41) is 20.2. The lowest BCUT2D eigenvalue weighted by Gasteiger charge is -2.15. The first-order valence-corrected chi connectivity index (χ1v) is 12.1. The fraction of sp³-hybridized carbons (Fsp3) is 0.0690. The summed E-state index contributed by atoms with van der Waals surface area (Å²) >= 11 is 1.21. The third-order valence-corrected chi connectivity index (χ3v) is 6.63. The first kappa shape index (κ1) is 24.9. The van der Waals surface area contributed by atoms with E-state index < -0.39 is 11.9 Å². The fourth-order valence-corrected chi connectivity index (χ4v) is 4.56. The van der Waals surface area contributed by atoms with Gasteiger partial charge in [-0.25, -0.2) is 9.86 Å². The van der Waals surface area contributed by atoms with Crippen molar-refractivity contribution in [3.63, 3.8) is 0 Å². The Bertz CT molecular complexity index is 1370. The van der Waals surface area contributed by atoms with E-state index in [0.717, 1.165) is 16.7 Å². The molecule has 0 saturated heterocycles. The predicted octanol–water partition coefficient (Wildman–Crippen LogP) is 6.06. The molecule has 1 amide bonds. The number of thioether (sulfide) groups is 1. The lowest BCUT2D eigenvalue weighted by Crippen LogP contribution is -2.26. The molecule has 0 bridgehead atoms. The molecule has 4 rings (SSSR count). The van der Waals surface area contributed by atoms with Crippen molar-refractivity contribution in [1.29, 1.82) is 0 Å².